The number of nitrogens with one attached hydrogen (secondary N) is 1. The molecule has 4 nitrogen and oxygen atoms in total. The fourth-order valence-electron chi connectivity index (χ4n) is 4.32. The summed E-state index contributed by atoms with van der Waals surface area (Å²) in [6.07, 6.45) is 1.14. The predicted octanol–water partition coefficient (Wildman–Crippen LogP) is 6.37. The lowest BCUT2D eigenvalue weighted by molar-refractivity contribution is -0.141. The van der Waals surface area contributed by atoms with E-state index in [0.29, 0.717) is 17.9 Å². The van der Waals surface area contributed by atoms with Crippen molar-refractivity contribution in [3.63, 3.8) is 0 Å². The first kappa shape index (κ1) is 27.1. The maximum atomic E-state index is 13.7. The first-order valence-electron chi connectivity index (χ1n) is 12.6. The maximum absolute atomic E-state index is 13.7. The molecule has 0 heterocycles. The van der Waals surface area contributed by atoms with Crippen LogP contribution in [-0.2, 0) is 35.5 Å². The van der Waals surface area contributed by atoms with E-state index in [9.17, 15) is 14.0 Å². The zero-order valence-electron chi connectivity index (χ0n) is 21.0. The molecule has 38 heavy (non-hydrogen) atoms. The summed E-state index contributed by atoms with van der Waals surface area (Å²) in [5.74, 6) is -0.773. The molecule has 0 saturated heterocycles. The van der Waals surface area contributed by atoms with Gasteiger partial charge < -0.3 is 10.2 Å². The van der Waals surface area contributed by atoms with E-state index in [4.69, 9.17) is 11.6 Å². The van der Waals surface area contributed by atoms with E-state index in [1.165, 1.54) is 12.1 Å². The van der Waals surface area contributed by atoms with Gasteiger partial charge in [-0.05, 0) is 46.9 Å². The van der Waals surface area contributed by atoms with E-state index in [-0.39, 0.29) is 37.1 Å². The number of nitrogens with zero attached hydrogens (tertiary/aromatic N) is 1. The molecule has 0 saturated carbocycles. The van der Waals surface area contributed by atoms with Gasteiger partial charge in [0.1, 0.15) is 11.9 Å². The molecule has 0 aromatic heterocycles. The summed E-state index contributed by atoms with van der Waals surface area (Å²) in [6, 6.07) is 32.0. The Labute approximate surface area is 228 Å². The molecule has 0 aliphatic heterocycles. The molecule has 6 heteroatoms. The molecule has 0 spiro atoms. The quantitative estimate of drug-likeness (QED) is 0.246. The Balaban J connectivity index is 1.61. The SMILES string of the molecule is O=C(NCc1ccccc1Cl)[C@H](Cc1ccccc1)N(Cc1ccc(F)cc1)C(=O)CCc1ccccc1. The normalized spacial score (nSPS) is 11.5. The van der Waals surface area contributed by atoms with Gasteiger partial charge >= 0.3 is 0 Å². The fourth-order valence-corrected chi connectivity index (χ4v) is 4.52. The van der Waals surface area contributed by atoms with Crippen molar-refractivity contribution in [3.8, 4) is 0 Å². The highest BCUT2D eigenvalue weighted by Crippen LogP contribution is 2.19. The van der Waals surface area contributed by atoms with E-state index >= 15 is 0 Å². The van der Waals surface area contributed by atoms with Crippen LogP contribution in [0.15, 0.2) is 109 Å². The number of carbonyl (C=O) groups is 2. The number of hydrogen-bond acceptors (Lipinski definition) is 2. The summed E-state index contributed by atoms with van der Waals surface area (Å²) in [5.41, 5.74) is 3.52. The van der Waals surface area contributed by atoms with Gasteiger partial charge in [-0.15, -0.1) is 0 Å². The number of amides is 2. The average Bonchev–Trinajstić information content (AvgIpc) is 2.95. The van der Waals surface area contributed by atoms with Crippen molar-refractivity contribution in [1.29, 1.82) is 0 Å². The van der Waals surface area contributed by atoms with Gasteiger partial charge in [0.25, 0.3) is 0 Å². The summed E-state index contributed by atoms with van der Waals surface area (Å²) in [6.45, 7) is 0.428. The lowest BCUT2D eigenvalue weighted by Gasteiger charge is -2.32. The van der Waals surface area contributed by atoms with Crippen molar-refractivity contribution in [2.24, 2.45) is 0 Å². The third kappa shape index (κ3) is 7.77. The largest absolute Gasteiger partial charge is 0.350 e. The second-order valence-corrected chi connectivity index (χ2v) is 9.56. The van der Waals surface area contributed by atoms with Gasteiger partial charge in [0, 0.05) is 31.0 Å². The molecule has 0 radical (unpaired) electrons. The third-order valence-electron chi connectivity index (χ3n) is 6.42. The Morgan fingerprint density at radius 1 is 0.763 bits per heavy atom. The number of hydrogen-bond donors (Lipinski definition) is 1. The van der Waals surface area contributed by atoms with E-state index in [0.717, 1.165) is 22.3 Å². The van der Waals surface area contributed by atoms with Crippen LogP contribution in [0.2, 0.25) is 5.02 Å². The highest BCUT2D eigenvalue weighted by Gasteiger charge is 2.30. The fraction of sp³-hybridized carbons (Fsp3) is 0.188. The van der Waals surface area contributed by atoms with Crippen LogP contribution in [0.4, 0.5) is 4.39 Å². The molecule has 2 amide bonds. The van der Waals surface area contributed by atoms with Crippen LogP contribution in [0, 0.1) is 5.82 Å². The second kappa shape index (κ2) is 13.5. The minimum atomic E-state index is -0.770. The van der Waals surface area contributed by atoms with E-state index in [1.807, 2.05) is 78.9 Å². The number of benzene rings is 4. The monoisotopic (exact) mass is 528 g/mol. The van der Waals surface area contributed by atoms with E-state index in [1.54, 1.807) is 23.1 Å². The zero-order chi connectivity index (χ0) is 26.7. The molecule has 0 bridgehead atoms. The molecule has 4 aromatic carbocycles. The number of carbonyl (C=O) groups excluding carboxylic acids is 2. The van der Waals surface area contributed by atoms with Gasteiger partial charge in [-0.1, -0.05) is 103 Å². The van der Waals surface area contributed by atoms with Crippen molar-refractivity contribution in [1.82, 2.24) is 10.2 Å². The predicted molar refractivity (Wildman–Crippen MR) is 149 cm³/mol. The molecule has 1 atom stereocenters. The van der Waals surface area contributed by atoms with Crippen LogP contribution in [0.1, 0.15) is 28.7 Å². The Morgan fingerprint density at radius 3 is 2.03 bits per heavy atom. The zero-order valence-corrected chi connectivity index (χ0v) is 21.8. The van der Waals surface area contributed by atoms with Gasteiger partial charge in [-0.25, -0.2) is 4.39 Å². The molecule has 4 aromatic rings. The lowest BCUT2D eigenvalue weighted by atomic mass is 10.0. The maximum Gasteiger partial charge on any atom is 0.243 e. The summed E-state index contributed by atoms with van der Waals surface area (Å²) >= 11 is 6.30. The van der Waals surface area contributed by atoms with Crippen LogP contribution in [0.3, 0.4) is 0 Å². The summed E-state index contributed by atoms with van der Waals surface area (Å²) in [7, 11) is 0. The number of rotatable bonds is 11. The van der Waals surface area contributed by atoms with Crippen LogP contribution < -0.4 is 5.32 Å². The van der Waals surface area contributed by atoms with Crippen molar-refractivity contribution in [2.75, 3.05) is 0 Å². The topological polar surface area (TPSA) is 49.4 Å². The first-order chi connectivity index (χ1) is 18.5. The van der Waals surface area contributed by atoms with Gasteiger partial charge in [0.15, 0.2) is 0 Å². The van der Waals surface area contributed by atoms with E-state index < -0.39 is 6.04 Å². The third-order valence-corrected chi connectivity index (χ3v) is 6.79. The molecule has 0 aliphatic rings. The molecule has 1 N–H and O–H groups in total. The number of halogens is 2. The standard InChI is InChI=1S/C32H30ClFN2O2/c33-29-14-8-7-13-27(29)22-35-32(38)30(21-25-11-5-2-6-12-25)36(23-26-15-18-28(34)19-16-26)31(37)20-17-24-9-3-1-4-10-24/h1-16,18-19,30H,17,20-23H2,(H,35,38)/t30-/m0/s1. The molecule has 194 valence electrons. The van der Waals surface area contributed by atoms with Gasteiger partial charge in [-0.2, -0.15) is 0 Å². The van der Waals surface area contributed by atoms with Gasteiger partial charge in [-0.3, -0.25) is 9.59 Å². The summed E-state index contributed by atoms with van der Waals surface area (Å²) < 4.78 is 13.6. The Kier molecular flexibility index (Phi) is 9.65. The van der Waals surface area contributed by atoms with Crippen molar-refractivity contribution >= 4 is 23.4 Å². The van der Waals surface area contributed by atoms with Crippen LogP contribution in [0.25, 0.3) is 0 Å². The average molecular weight is 529 g/mol. The first-order valence-corrected chi connectivity index (χ1v) is 13.0. The van der Waals surface area contributed by atoms with Crippen molar-refractivity contribution in [2.45, 2.75) is 38.4 Å². The highest BCUT2D eigenvalue weighted by atomic mass is 35.5. The highest BCUT2D eigenvalue weighted by molar-refractivity contribution is 6.31. The summed E-state index contributed by atoms with van der Waals surface area (Å²) in [5, 5.41) is 3.55. The molecule has 0 aliphatic carbocycles. The van der Waals surface area contributed by atoms with E-state index in [2.05, 4.69) is 5.32 Å². The van der Waals surface area contributed by atoms with Crippen LogP contribution in [0.5, 0.6) is 0 Å². The van der Waals surface area contributed by atoms with Crippen molar-refractivity contribution < 1.29 is 14.0 Å². The van der Waals surface area contributed by atoms with Crippen LogP contribution >= 0.6 is 11.6 Å². The van der Waals surface area contributed by atoms with Crippen molar-refractivity contribution in [3.05, 3.63) is 142 Å². The van der Waals surface area contributed by atoms with Gasteiger partial charge in [0.05, 0.1) is 0 Å². The number of aryl methyl sites for hydroxylation is 1. The summed E-state index contributed by atoms with van der Waals surface area (Å²) in [4.78, 5) is 29.0. The minimum Gasteiger partial charge on any atom is -0.350 e. The lowest BCUT2D eigenvalue weighted by Crippen LogP contribution is -2.50. The van der Waals surface area contributed by atoms with Gasteiger partial charge in [0.2, 0.25) is 11.8 Å². The Bertz CT molecular complexity index is 1330. The molecule has 0 fully saturated rings. The minimum absolute atomic E-state index is 0.146. The molecular weight excluding hydrogens is 499 g/mol. The molecule has 0 unspecified atom stereocenters. The second-order valence-electron chi connectivity index (χ2n) is 9.15. The smallest absolute Gasteiger partial charge is 0.243 e. The van der Waals surface area contributed by atoms with Crippen LogP contribution in [-0.4, -0.2) is 22.8 Å². The Hall–Kier alpha value is -3.96. The molecule has 4 rings (SSSR count). The Morgan fingerprint density at radius 2 is 1.37 bits per heavy atom. The molecular formula is C32H30ClFN2O2.